The summed E-state index contributed by atoms with van der Waals surface area (Å²) in [5.41, 5.74) is 2.29. The van der Waals surface area contributed by atoms with Crippen molar-refractivity contribution in [3.63, 3.8) is 0 Å². The third kappa shape index (κ3) is 2.78. The summed E-state index contributed by atoms with van der Waals surface area (Å²) in [7, 11) is 0. The van der Waals surface area contributed by atoms with Gasteiger partial charge in [-0.15, -0.1) is 0 Å². The van der Waals surface area contributed by atoms with E-state index in [-0.39, 0.29) is 11.7 Å². The van der Waals surface area contributed by atoms with Crippen LogP contribution in [-0.2, 0) is 0 Å². The summed E-state index contributed by atoms with van der Waals surface area (Å²) < 4.78 is 14.2. The molecule has 3 aromatic rings. The minimum Gasteiger partial charge on any atom is -0.310 e. The van der Waals surface area contributed by atoms with Gasteiger partial charge >= 0.3 is 0 Å². The van der Waals surface area contributed by atoms with Gasteiger partial charge in [-0.1, -0.05) is 30.3 Å². The minimum absolute atomic E-state index is 0.312. The van der Waals surface area contributed by atoms with Crippen LogP contribution in [0, 0.1) is 5.82 Å². The first-order valence-corrected chi connectivity index (χ1v) is 7.76. The van der Waals surface area contributed by atoms with Gasteiger partial charge in [-0.2, -0.15) is 0 Å². The van der Waals surface area contributed by atoms with Crippen LogP contribution in [0.4, 0.5) is 4.39 Å². The van der Waals surface area contributed by atoms with Crippen LogP contribution in [0.2, 0.25) is 0 Å². The number of nitrogens with zero attached hydrogens (tertiary/aromatic N) is 3. The Kier molecular flexibility index (Phi) is 3.78. The summed E-state index contributed by atoms with van der Waals surface area (Å²) in [6.45, 7) is 0. The minimum atomic E-state index is -0.349. The molecule has 122 valence electrons. The van der Waals surface area contributed by atoms with Crippen molar-refractivity contribution in [1.29, 1.82) is 0 Å². The van der Waals surface area contributed by atoms with Gasteiger partial charge in [0.15, 0.2) is 0 Å². The number of aromatic nitrogens is 2. The van der Waals surface area contributed by atoms with Crippen LogP contribution in [0.25, 0.3) is 22.2 Å². The summed E-state index contributed by atoms with van der Waals surface area (Å²) >= 11 is 0. The lowest BCUT2D eigenvalue weighted by atomic mass is 10.00. The molecule has 4 rings (SSSR count). The Morgan fingerprint density at radius 2 is 1.80 bits per heavy atom. The zero-order valence-corrected chi connectivity index (χ0v) is 13.1. The zero-order chi connectivity index (χ0) is 17.2. The predicted octanol–water partition coefficient (Wildman–Crippen LogP) is 3.48. The van der Waals surface area contributed by atoms with Crippen LogP contribution in [0.15, 0.2) is 66.1 Å². The molecule has 2 heterocycles. The van der Waals surface area contributed by atoms with Crippen molar-refractivity contribution in [2.24, 2.45) is 4.99 Å². The number of fused-ring (bicyclic) bond motifs is 1. The van der Waals surface area contributed by atoms with Gasteiger partial charge in [0.05, 0.1) is 11.1 Å². The topological polar surface area (TPSA) is 67.2 Å². The lowest BCUT2D eigenvalue weighted by Gasteiger charge is -2.11. The van der Waals surface area contributed by atoms with Crippen LogP contribution in [0.5, 0.6) is 0 Å². The normalized spacial score (nSPS) is 13.1. The average Bonchev–Trinajstić information content (AvgIpc) is 3.14. The highest BCUT2D eigenvalue weighted by Crippen LogP contribution is 2.30. The second-order valence-electron chi connectivity index (χ2n) is 5.51. The van der Waals surface area contributed by atoms with Gasteiger partial charge in [-0.05, 0) is 12.1 Å². The smallest absolute Gasteiger partial charge is 0.258 e. The number of amidine groups is 1. The van der Waals surface area contributed by atoms with Crippen molar-refractivity contribution in [2.75, 3.05) is 0 Å². The Labute approximate surface area is 143 Å². The summed E-state index contributed by atoms with van der Waals surface area (Å²) in [6.07, 6.45) is 7.13. The number of carbonyl (C=O) groups is 1. The molecule has 0 saturated heterocycles. The number of carbonyl (C=O) groups excluding carboxylic acids is 1. The predicted molar refractivity (Wildman–Crippen MR) is 93.6 cm³/mol. The van der Waals surface area contributed by atoms with Gasteiger partial charge in [0.25, 0.3) is 5.91 Å². The lowest BCUT2D eigenvalue weighted by molar-refractivity contribution is 0.0978. The van der Waals surface area contributed by atoms with Crippen molar-refractivity contribution >= 4 is 22.8 Å². The van der Waals surface area contributed by atoms with Crippen molar-refractivity contribution in [3.05, 3.63) is 72.4 Å². The molecule has 1 amide bonds. The van der Waals surface area contributed by atoms with Crippen molar-refractivity contribution in [1.82, 2.24) is 15.3 Å². The fourth-order valence-corrected chi connectivity index (χ4v) is 2.78. The van der Waals surface area contributed by atoms with E-state index in [0.717, 1.165) is 0 Å². The number of rotatable bonds is 2. The quantitative estimate of drug-likeness (QED) is 0.781. The molecule has 1 N–H and O–H groups in total. The number of nitrogens with one attached hydrogen (secondary N) is 1. The first-order chi connectivity index (χ1) is 12.2. The zero-order valence-electron chi connectivity index (χ0n) is 13.1. The summed E-state index contributed by atoms with van der Waals surface area (Å²) in [4.78, 5) is 25.3. The van der Waals surface area contributed by atoms with E-state index in [1.54, 1.807) is 36.5 Å². The molecule has 0 bridgehead atoms. The van der Waals surface area contributed by atoms with E-state index < -0.39 is 0 Å². The molecule has 0 atom stereocenters. The highest BCUT2D eigenvalue weighted by Gasteiger charge is 2.18. The van der Waals surface area contributed by atoms with Gasteiger partial charge in [0, 0.05) is 36.1 Å². The molecule has 0 fully saturated rings. The Morgan fingerprint density at radius 1 is 1.00 bits per heavy atom. The highest BCUT2D eigenvalue weighted by atomic mass is 19.1. The van der Waals surface area contributed by atoms with E-state index in [4.69, 9.17) is 0 Å². The van der Waals surface area contributed by atoms with E-state index in [9.17, 15) is 9.18 Å². The second kappa shape index (κ2) is 6.24. The van der Waals surface area contributed by atoms with Gasteiger partial charge < -0.3 is 5.32 Å². The first kappa shape index (κ1) is 15.1. The van der Waals surface area contributed by atoms with Gasteiger partial charge in [-0.3, -0.25) is 14.8 Å². The Hall–Kier alpha value is -3.41. The second-order valence-corrected chi connectivity index (χ2v) is 5.51. The van der Waals surface area contributed by atoms with Crippen molar-refractivity contribution < 1.29 is 9.18 Å². The van der Waals surface area contributed by atoms with Crippen molar-refractivity contribution in [2.45, 2.75) is 6.42 Å². The largest absolute Gasteiger partial charge is 0.310 e. The SMILES string of the molecule is O=C(NC1=NC=CC1)c1ccc(-c2ccccc2F)c2nccnc12. The van der Waals surface area contributed by atoms with Crippen LogP contribution in [0.3, 0.4) is 0 Å². The molecule has 6 heteroatoms. The highest BCUT2D eigenvalue weighted by molar-refractivity contribution is 6.14. The van der Waals surface area contributed by atoms with E-state index in [1.165, 1.54) is 18.5 Å². The van der Waals surface area contributed by atoms with E-state index in [0.29, 0.717) is 40.0 Å². The van der Waals surface area contributed by atoms with E-state index in [1.807, 2.05) is 6.08 Å². The maximum Gasteiger partial charge on any atom is 0.258 e. The standard InChI is InChI=1S/C19H13FN4O/c20-15-5-2-1-4-12(15)13-7-8-14(18-17(13)22-10-11-23-18)19(25)24-16-6-3-9-21-16/h1-5,7-11H,6H2,(H,21,24,25). The number of halogens is 1. The molecular weight excluding hydrogens is 319 g/mol. The van der Waals surface area contributed by atoms with Crippen LogP contribution in [-0.4, -0.2) is 21.7 Å². The monoisotopic (exact) mass is 332 g/mol. The molecule has 0 unspecified atom stereocenters. The molecule has 1 aliphatic heterocycles. The molecule has 0 spiro atoms. The third-order valence-corrected chi connectivity index (χ3v) is 3.94. The summed E-state index contributed by atoms with van der Waals surface area (Å²) in [6, 6.07) is 9.79. The number of benzene rings is 2. The maximum absolute atomic E-state index is 14.2. The molecule has 1 aliphatic rings. The Balaban J connectivity index is 1.82. The maximum atomic E-state index is 14.2. The first-order valence-electron chi connectivity index (χ1n) is 7.76. The Morgan fingerprint density at radius 3 is 2.56 bits per heavy atom. The van der Waals surface area contributed by atoms with Crippen molar-refractivity contribution in [3.8, 4) is 11.1 Å². The molecule has 0 radical (unpaired) electrons. The molecule has 0 aliphatic carbocycles. The molecule has 5 nitrogen and oxygen atoms in total. The molecule has 25 heavy (non-hydrogen) atoms. The molecule has 1 aromatic heterocycles. The molecule has 2 aromatic carbocycles. The third-order valence-electron chi connectivity index (χ3n) is 3.94. The number of aliphatic imine (C=N–C) groups is 1. The van der Waals surface area contributed by atoms with E-state index in [2.05, 4.69) is 20.3 Å². The van der Waals surface area contributed by atoms with Gasteiger partial charge in [-0.25, -0.2) is 9.38 Å². The fraction of sp³-hybridized carbons (Fsp3) is 0.0526. The van der Waals surface area contributed by atoms with E-state index >= 15 is 0 Å². The molecular formula is C19H13FN4O. The number of hydrogen-bond acceptors (Lipinski definition) is 4. The average molecular weight is 332 g/mol. The van der Waals surface area contributed by atoms with Crippen LogP contribution in [0.1, 0.15) is 16.8 Å². The van der Waals surface area contributed by atoms with Crippen LogP contribution >= 0.6 is 0 Å². The lowest BCUT2D eigenvalue weighted by Crippen LogP contribution is -2.29. The molecule has 0 saturated carbocycles. The van der Waals surface area contributed by atoms with Gasteiger partial charge in [0.2, 0.25) is 0 Å². The fourth-order valence-electron chi connectivity index (χ4n) is 2.78. The summed E-state index contributed by atoms with van der Waals surface area (Å²) in [5.74, 6) is -0.0775. The van der Waals surface area contributed by atoms with Crippen LogP contribution < -0.4 is 5.32 Å². The number of amides is 1. The van der Waals surface area contributed by atoms with Gasteiger partial charge in [0.1, 0.15) is 17.2 Å². The number of hydrogen-bond donors (Lipinski definition) is 1. The Bertz CT molecular complexity index is 1040. The summed E-state index contributed by atoms with van der Waals surface area (Å²) in [5, 5.41) is 2.76.